The average molecular weight is 295 g/mol. The third kappa shape index (κ3) is 5.10. The van der Waals surface area contributed by atoms with E-state index in [-0.39, 0.29) is 25.3 Å². The van der Waals surface area contributed by atoms with E-state index in [0.29, 0.717) is 5.69 Å². The topological polar surface area (TPSA) is 64.6 Å². The second kappa shape index (κ2) is 7.67. The minimum absolute atomic E-state index is 0. The van der Waals surface area contributed by atoms with Crippen LogP contribution in [0.15, 0.2) is 24.3 Å². The highest BCUT2D eigenvalue weighted by atomic mass is 16.5. The molecule has 0 bridgehead atoms. The van der Waals surface area contributed by atoms with Gasteiger partial charge in [-0.3, -0.25) is 10.1 Å². The number of nitrogens with one attached hydrogen (secondary N) is 1. The van der Waals surface area contributed by atoms with E-state index in [1.165, 1.54) is 7.11 Å². The van der Waals surface area contributed by atoms with Crippen molar-refractivity contribution in [1.29, 1.82) is 0 Å². The monoisotopic (exact) mass is 295 g/mol. The van der Waals surface area contributed by atoms with Crippen LogP contribution in [-0.4, -0.2) is 19.2 Å². The summed E-state index contributed by atoms with van der Waals surface area (Å²) in [4.78, 5) is 22.9. The molecule has 0 aromatic heterocycles. The van der Waals surface area contributed by atoms with Gasteiger partial charge >= 0.3 is 12.1 Å². The van der Waals surface area contributed by atoms with Gasteiger partial charge in [-0.05, 0) is 23.6 Å². The first-order chi connectivity index (χ1) is 9.85. The number of carbonyl (C=O) groups excluding carboxylic acids is 2. The predicted molar refractivity (Wildman–Crippen MR) is 83.1 cm³/mol. The third-order valence-corrected chi connectivity index (χ3v) is 2.99. The van der Waals surface area contributed by atoms with Crippen molar-refractivity contribution in [2.75, 3.05) is 12.4 Å². The molecule has 0 spiro atoms. The van der Waals surface area contributed by atoms with Crippen LogP contribution in [0.3, 0.4) is 0 Å². The van der Waals surface area contributed by atoms with Gasteiger partial charge in [0.1, 0.15) is 6.10 Å². The van der Waals surface area contributed by atoms with Gasteiger partial charge in [0.15, 0.2) is 0 Å². The van der Waals surface area contributed by atoms with Crippen molar-refractivity contribution < 1.29 is 20.5 Å². The van der Waals surface area contributed by atoms with E-state index in [1.807, 2.05) is 39.8 Å². The molecular formula is C16H25NO4. The van der Waals surface area contributed by atoms with Crippen molar-refractivity contribution in [2.24, 2.45) is 11.8 Å². The van der Waals surface area contributed by atoms with Gasteiger partial charge in [0.2, 0.25) is 0 Å². The van der Waals surface area contributed by atoms with Gasteiger partial charge in [0.25, 0.3) is 0 Å². The van der Waals surface area contributed by atoms with Crippen LogP contribution in [0.25, 0.3) is 0 Å². The minimum atomic E-state index is -0.519. The summed E-state index contributed by atoms with van der Waals surface area (Å²) in [5.41, 5.74) is 1.53. The number of rotatable bonds is 5. The second-order valence-corrected chi connectivity index (χ2v) is 5.49. The fourth-order valence-corrected chi connectivity index (χ4v) is 1.78. The Labute approximate surface area is 127 Å². The van der Waals surface area contributed by atoms with Gasteiger partial charge in [-0.15, -0.1) is 0 Å². The van der Waals surface area contributed by atoms with Crippen LogP contribution in [0.1, 0.15) is 40.8 Å². The molecule has 0 saturated heterocycles. The van der Waals surface area contributed by atoms with Crippen molar-refractivity contribution in [3.8, 4) is 0 Å². The molecule has 0 fully saturated rings. The molecule has 0 radical (unpaired) electrons. The van der Waals surface area contributed by atoms with Crippen LogP contribution in [0.4, 0.5) is 10.5 Å². The Bertz CT molecular complexity index is 485. The van der Waals surface area contributed by atoms with Crippen LogP contribution >= 0.6 is 0 Å². The molecular weight excluding hydrogens is 270 g/mol. The molecule has 1 atom stereocenters. The lowest BCUT2D eigenvalue weighted by molar-refractivity contribution is -0.155. The number of carbonyl (C=O) groups is 2. The molecule has 0 heterocycles. The lowest BCUT2D eigenvalue weighted by Crippen LogP contribution is -2.19. The molecule has 1 N–H and O–H groups in total. The van der Waals surface area contributed by atoms with E-state index in [1.54, 1.807) is 12.1 Å². The Morgan fingerprint density at radius 1 is 1.10 bits per heavy atom. The summed E-state index contributed by atoms with van der Waals surface area (Å²) in [5, 5.41) is 2.58. The van der Waals surface area contributed by atoms with Gasteiger partial charge in [-0.25, -0.2) is 4.79 Å². The van der Waals surface area contributed by atoms with Crippen molar-refractivity contribution in [3.05, 3.63) is 29.8 Å². The predicted octanol–water partition coefficient (Wildman–Crippen LogP) is 4.01. The molecule has 0 saturated carbocycles. The number of esters is 1. The Morgan fingerprint density at radius 3 is 2.10 bits per heavy atom. The normalized spacial score (nSPS) is 12.1. The molecule has 118 valence electrons. The lowest BCUT2D eigenvalue weighted by Gasteiger charge is -2.23. The fraction of sp³-hybridized carbons (Fsp3) is 0.500. The molecule has 1 aromatic rings. The summed E-state index contributed by atoms with van der Waals surface area (Å²) in [6.45, 7) is 7.62. The van der Waals surface area contributed by atoms with Crippen molar-refractivity contribution in [1.82, 2.24) is 0 Å². The zero-order valence-electron chi connectivity index (χ0n) is 13.2. The van der Waals surface area contributed by atoms with Gasteiger partial charge in [0, 0.05) is 7.11 Å². The maximum absolute atomic E-state index is 11.8. The summed E-state index contributed by atoms with van der Waals surface area (Å²) in [5.74, 6) is -0.218. The maximum Gasteiger partial charge on any atom is 0.411 e. The summed E-state index contributed by atoms with van der Waals surface area (Å²) >= 11 is 0. The quantitative estimate of drug-likeness (QED) is 0.834. The molecule has 5 heteroatoms. The van der Waals surface area contributed by atoms with Gasteiger partial charge < -0.3 is 9.47 Å². The highest BCUT2D eigenvalue weighted by Gasteiger charge is 2.22. The number of methoxy groups -OCH3 is 1. The van der Waals surface area contributed by atoms with Crippen LogP contribution < -0.4 is 5.32 Å². The molecule has 5 nitrogen and oxygen atoms in total. The Kier molecular flexibility index (Phi) is 6.21. The van der Waals surface area contributed by atoms with Crippen LogP contribution in [0.5, 0.6) is 0 Å². The highest BCUT2D eigenvalue weighted by Crippen LogP contribution is 2.28. The van der Waals surface area contributed by atoms with Crippen molar-refractivity contribution >= 4 is 17.7 Å². The van der Waals surface area contributed by atoms with Crippen molar-refractivity contribution in [3.63, 3.8) is 0 Å². The average Bonchev–Trinajstić information content (AvgIpc) is 2.44. The summed E-state index contributed by atoms with van der Waals surface area (Å²) in [6, 6.07) is 7.18. The number of ether oxygens (including phenoxy) is 2. The second-order valence-electron chi connectivity index (χ2n) is 5.49. The number of hydrogen-bond acceptors (Lipinski definition) is 4. The Morgan fingerprint density at radius 2 is 1.67 bits per heavy atom. The van der Waals surface area contributed by atoms with Crippen LogP contribution in [0, 0.1) is 11.8 Å². The smallest absolute Gasteiger partial charge is 0.411 e. The van der Waals surface area contributed by atoms with E-state index in [0.717, 1.165) is 5.56 Å². The van der Waals surface area contributed by atoms with Gasteiger partial charge in [-0.2, -0.15) is 0 Å². The van der Waals surface area contributed by atoms with Crippen molar-refractivity contribution in [2.45, 2.75) is 33.8 Å². The first kappa shape index (κ1) is 17.0. The first-order valence-electron chi connectivity index (χ1n) is 7.00. The number of anilines is 1. The van der Waals surface area contributed by atoms with E-state index in [4.69, 9.17) is 4.74 Å². The van der Waals surface area contributed by atoms with Crippen LogP contribution in [-0.2, 0) is 14.3 Å². The SMILES string of the molecule is COC(=O)Nc1ccc(C(OC(=O)C(C)C)C(C)C)cc1.[HH]. The lowest BCUT2D eigenvalue weighted by atomic mass is 9.98. The fourth-order valence-electron chi connectivity index (χ4n) is 1.78. The summed E-state index contributed by atoms with van der Waals surface area (Å²) in [7, 11) is 1.31. The van der Waals surface area contributed by atoms with E-state index >= 15 is 0 Å². The Hall–Kier alpha value is -2.04. The van der Waals surface area contributed by atoms with Gasteiger partial charge in [-0.1, -0.05) is 39.8 Å². The molecule has 0 aliphatic carbocycles. The largest absolute Gasteiger partial charge is 0.457 e. The number of amides is 1. The third-order valence-electron chi connectivity index (χ3n) is 2.99. The zero-order valence-corrected chi connectivity index (χ0v) is 13.2. The molecule has 1 aromatic carbocycles. The summed E-state index contributed by atoms with van der Waals surface area (Å²) in [6.07, 6.45) is -0.818. The van der Waals surface area contributed by atoms with E-state index < -0.39 is 6.09 Å². The number of hydrogen-bond donors (Lipinski definition) is 1. The standard InChI is InChI=1S/C16H23NO4.H2/c1-10(2)14(21-15(18)11(3)4)12-6-8-13(9-7-12)17-16(19)20-5;/h6-11,14H,1-5H3,(H,17,19);1H. The Balaban J connectivity index is 0.00000441. The molecule has 0 aliphatic rings. The van der Waals surface area contributed by atoms with E-state index in [9.17, 15) is 9.59 Å². The highest BCUT2D eigenvalue weighted by molar-refractivity contribution is 5.84. The molecule has 1 amide bonds. The minimum Gasteiger partial charge on any atom is -0.457 e. The summed E-state index contributed by atoms with van der Waals surface area (Å²) < 4.78 is 10.1. The van der Waals surface area contributed by atoms with Gasteiger partial charge in [0.05, 0.1) is 13.0 Å². The molecule has 1 rings (SSSR count). The maximum atomic E-state index is 11.8. The number of benzene rings is 1. The molecule has 0 aliphatic heterocycles. The van der Waals surface area contributed by atoms with E-state index in [2.05, 4.69) is 10.1 Å². The first-order valence-corrected chi connectivity index (χ1v) is 7.00. The molecule has 21 heavy (non-hydrogen) atoms. The molecule has 1 unspecified atom stereocenters. The van der Waals surface area contributed by atoms with Crippen LogP contribution in [0.2, 0.25) is 0 Å². The zero-order chi connectivity index (χ0) is 16.0.